The number of thioether (sulfide) groups is 1. The lowest BCUT2D eigenvalue weighted by atomic mass is 10.0. The quantitative estimate of drug-likeness (QED) is 0.461. The lowest BCUT2D eigenvalue weighted by Crippen LogP contribution is -2.30. The number of benzene rings is 3. The number of hydrogen-bond donors (Lipinski definition) is 0. The van der Waals surface area contributed by atoms with Crippen molar-refractivity contribution in [2.75, 3.05) is 0 Å². The first-order chi connectivity index (χ1) is 14.4. The lowest BCUT2D eigenvalue weighted by Gasteiger charge is -2.15. The maximum atomic E-state index is 13.4. The largest absolute Gasteiger partial charge is 0.269 e. The molecule has 0 aromatic heterocycles. The normalized spacial score (nSPS) is 14.0. The summed E-state index contributed by atoms with van der Waals surface area (Å²) in [4.78, 5) is 29.4. The Morgan fingerprint density at radius 3 is 2.20 bits per heavy atom. The van der Waals surface area contributed by atoms with E-state index in [1.165, 1.54) is 16.7 Å². The number of carbonyl (C=O) groups is 2. The highest BCUT2D eigenvalue weighted by Crippen LogP contribution is 2.40. The fourth-order valence-corrected chi connectivity index (χ4v) is 4.48. The number of imide groups is 1. The van der Waals surface area contributed by atoms with E-state index in [9.17, 15) is 9.59 Å². The number of nitrogens with zero attached hydrogens (tertiary/aromatic N) is 1. The molecule has 0 atom stereocenters. The van der Waals surface area contributed by atoms with E-state index in [0.717, 1.165) is 27.1 Å². The highest BCUT2D eigenvalue weighted by molar-refractivity contribution is 8.04. The minimum Gasteiger partial charge on any atom is -0.269 e. The summed E-state index contributed by atoms with van der Waals surface area (Å²) in [6.45, 7) is 4.25. The van der Waals surface area contributed by atoms with Gasteiger partial charge in [0.05, 0.1) is 17.0 Å². The third-order valence-electron chi connectivity index (χ3n) is 5.14. The minimum atomic E-state index is -0.267. The summed E-state index contributed by atoms with van der Waals surface area (Å²) >= 11 is 7.31. The molecule has 2 amide bonds. The van der Waals surface area contributed by atoms with Gasteiger partial charge in [0.15, 0.2) is 0 Å². The molecular weight excluding hydrogens is 414 g/mol. The van der Waals surface area contributed by atoms with E-state index in [0.29, 0.717) is 15.5 Å². The Labute approximate surface area is 185 Å². The van der Waals surface area contributed by atoms with E-state index in [1.54, 1.807) is 12.1 Å². The van der Waals surface area contributed by atoms with Crippen LogP contribution in [-0.4, -0.2) is 16.7 Å². The summed E-state index contributed by atoms with van der Waals surface area (Å²) in [5.74, 6) is -0.534. The Morgan fingerprint density at radius 1 is 0.833 bits per heavy atom. The van der Waals surface area contributed by atoms with Crippen LogP contribution in [0.1, 0.15) is 22.3 Å². The van der Waals surface area contributed by atoms with Crippen molar-refractivity contribution in [2.24, 2.45) is 0 Å². The first-order valence-electron chi connectivity index (χ1n) is 9.59. The van der Waals surface area contributed by atoms with Crippen LogP contribution in [0.4, 0.5) is 0 Å². The van der Waals surface area contributed by atoms with Gasteiger partial charge in [-0.25, -0.2) is 0 Å². The van der Waals surface area contributed by atoms with Crippen molar-refractivity contribution in [3.05, 3.63) is 105 Å². The Morgan fingerprint density at radius 2 is 1.53 bits per heavy atom. The zero-order valence-corrected chi connectivity index (χ0v) is 18.3. The van der Waals surface area contributed by atoms with Gasteiger partial charge in [0.25, 0.3) is 11.8 Å². The van der Waals surface area contributed by atoms with E-state index in [-0.39, 0.29) is 18.4 Å². The molecule has 0 bridgehead atoms. The van der Waals surface area contributed by atoms with Crippen LogP contribution in [0.3, 0.4) is 0 Å². The average Bonchev–Trinajstić information content (AvgIpc) is 2.97. The van der Waals surface area contributed by atoms with Gasteiger partial charge in [-0.1, -0.05) is 71.9 Å². The van der Waals surface area contributed by atoms with Crippen molar-refractivity contribution in [3.63, 3.8) is 0 Å². The molecule has 4 rings (SSSR count). The molecule has 30 heavy (non-hydrogen) atoms. The lowest BCUT2D eigenvalue weighted by molar-refractivity contribution is -0.137. The van der Waals surface area contributed by atoms with Crippen LogP contribution in [0, 0.1) is 13.8 Å². The molecule has 3 aromatic rings. The van der Waals surface area contributed by atoms with Crippen molar-refractivity contribution in [1.82, 2.24) is 4.90 Å². The minimum absolute atomic E-state index is 0.210. The maximum absolute atomic E-state index is 13.4. The van der Waals surface area contributed by atoms with Gasteiger partial charge in [0.1, 0.15) is 0 Å². The number of carbonyl (C=O) groups excluding carboxylic acids is 2. The predicted octanol–water partition coefficient (Wildman–Crippen LogP) is 6.03. The van der Waals surface area contributed by atoms with Crippen LogP contribution in [0.5, 0.6) is 0 Å². The van der Waals surface area contributed by atoms with Crippen molar-refractivity contribution in [2.45, 2.75) is 25.3 Å². The van der Waals surface area contributed by atoms with E-state index in [2.05, 4.69) is 0 Å². The molecule has 0 saturated heterocycles. The third kappa shape index (κ3) is 4.07. The monoisotopic (exact) mass is 433 g/mol. The molecule has 3 aromatic carbocycles. The summed E-state index contributed by atoms with van der Waals surface area (Å²) in [6, 6.07) is 22.7. The fourth-order valence-electron chi connectivity index (χ4n) is 3.32. The van der Waals surface area contributed by atoms with Gasteiger partial charge in [0.2, 0.25) is 0 Å². The van der Waals surface area contributed by atoms with Gasteiger partial charge in [-0.05, 0) is 60.4 Å². The molecule has 0 unspecified atom stereocenters. The smallest absolute Gasteiger partial charge is 0.268 e. The molecule has 0 fully saturated rings. The molecule has 0 radical (unpaired) electrons. The number of hydrogen-bond acceptors (Lipinski definition) is 3. The van der Waals surface area contributed by atoms with Crippen molar-refractivity contribution in [3.8, 4) is 0 Å². The van der Waals surface area contributed by atoms with Crippen LogP contribution in [0.15, 0.2) is 82.6 Å². The Kier molecular flexibility index (Phi) is 5.80. The molecule has 150 valence electrons. The second-order valence-corrected chi connectivity index (χ2v) is 8.76. The number of halogens is 1. The van der Waals surface area contributed by atoms with Crippen LogP contribution in [0.2, 0.25) is 5.02 Å². The zero-order chi connectivity index (χ0) is 21.3. The van der Waals surface area contributed by atoms with E-state index < -0.39 is 0 Å². The Balaban J connectivity index is 1.75. The maximum Gasteiger partial charge on any atom is 0.268 e. The van der Waals surface area contributed by atoms with Gasteiger partial charge in [-0.3, -0.25) is 14.5 Å². The standard InChI is InChI=1S/C25H20ClNO2S/c1-16-8-11-19(14-17(16)2)22-23(30-21-6-4-3-5-7-21)25(29)27(24(22)28)15-18-9-12-20(26)13-10-18/h3-14H,15H2,1-2H3. The fraction of sp³-hybridized carbons (Fsp3) is 0.120. The summed E-state index contributed by atoms with van der Waals surface area (Å²) in [5, 5.41) is 0.618. The highest BCUT2D eigenvalue weighted by Gasteiger charge is 2.39. The number of aryl methyl sites for hydroxylation is 2. The van der Waals surface area contributed by atoms with Gasteiger partial charge in [-0.15, -0.1) is 0 Å². The Hall–Kier alpha value is -2.82. The van der Waals surface area contributed by atoms with E-state index in [1.807, 2.05) is 74.5 Å². The molecule has 1 heterocycles. The molecular formula is C25H20ClNO2S. The van der Waals surface area contributed by atoms with Crippen molar-refractivity contribution in [1.29, 1.82) is 0 Å². The van der Waals surface area contributed by atoms with Crippen molar-refractivity contribution >= 4 is 40.8 Å². The van der Waals surface area contributed by atoms with Crippen LogP contribution in [-0.2, 0) is 16.1 Å². The molecule has 1 aliphatic rings. The summed E-state index contributed by atoms with van der Waals surface area (Å²) in [7, 11) is 0. The van der Waals surface area contributed by atoms with Crippen LogP contribution >= 0.6 is 23.4 Å². The number of amides is 2. The van der Waals surface area contributed by atoms with Gasteiger partial charge < -0.3 is 0 Å². The van der Waals surface area contributed by atoms with E-state index >= 15 is 0 Å². The van der Waals surface area contributed by atoms with Gasteiger partial charge >= 0.3 is 0 Å². The average molecular weight is 434 g/mol. The predicted molar refractivity (Wildman–Crippen MR) is 122 cm³/mol. The summed E-state index contributed by atoms with van der Waals surface area (Å²) in [5.41, 5.74) is 4.32. The summed E-state index contributed by atoms with van der Waals surface area (Å²) < 4.78 is 0. The molecule has 5 heteroatoms. The number of rotatable bonds is 5. The third-order valence-corrected chi connectivity index (χ3v) is 6.48. The highest BCUT2D eigenvalue weighted by atomic mass is 35.5. The molecule has 0 saturated carbocycles. The van der Waals surface area contributed by atoms with Gasteiger partial charge in [0, 0.05) is 9.92 Å². The van der Waals surface area contributed by atoms with E-state index in [4.69, 9.17) is 11.6 Å². The Bertz CT molecular complexity index is 1150. The zero-order valence-electron chi connectivity index (χ0n) is 16.7. The molecule has 3 nitrogen and oxygen atoms in total. The van der Waals surface area contributed by atoms with Crippen molar-refractivity contribution < 1.29 is 9.59 Å². The molecule has 0 aliphatic carbocycles. The SMILES string of the molecule is Cc1ccc(C2=C(Sc3ccccc3)C(=O)N(Cc3ccc(Cl)cc3)C2=O)cc1C. The molecule has 0 N–H and O–H groups in total. The molecule has 0 spiro atoms. The van der Waals surface area contributed by atoms with Crippen LogP contribution < -0.4 is 0 Å². The van der Waals surface area contributed by atoms with Gasteiger partial charge in [-0.2, -0.15) is 0 Å². The van der Waals surface area contributed by atoms with Crippen LogP contribution in [0.25, 0.3) is 5.57 Å². The topological polar surface area (TPSA) is 37.4 Å². The first kappa shape index (κ1) is 20.5. The molecule has 1 aliphatic heterocycles. The first-order valence-corrected chi connectivity index (χ1v) is 10.8. The second kappa shape index (κ2) is 8.50. The second-order valence-electron chi connectivity index (χ2n) is 7.24. The summed E-state index contributed by atoms with van der Waals surface area (Å²) in [6.07, 6.45) is 0.